The van der Waals surface area contributed by atoms with E-state index in [4.69, 9.17) is 0 Å². The maximum atomic E-state index is 13.3. The third-order valence-corrected chi connectivity index (χ3v) is 1.85. The van der Waals surface area contributed by atoms with Crippen LogP contribution in [0.3, 0.4) is 0 Å². The van der Waals surface area contributed by atoms with Crippen LogP contribution in [0.1, 0.15) is 0 Å². The Hall–Kier alpha value is -1.97. The van der Waals surface area contributed by atoms with Crippen LogP contribution < -0.4 is 4.73 Å². The average molecular weight is 190 g/mol. The molecule has 0 N–H and O–H groups in total. The van der Waals surface area contributed by atoms with Crippen LogP contribution in [0.15, 0.2) is 42.9 Å². The van der Waals surface area contributed by atoms with Crippen molar-refractivity contribution in [2.75, 3.05) is 0 Å². The zero-order valence-corrected chi connectivity index (χ0v) is 7.22. The topological polar surface area (TPSA) is 39.8 Å². The summed E-state index contributed by atoms with van der Waals surface area (Å²) in [6, 6.07) is 5.90. The van der Waals surface area contributed by atoms with Gasteiger partial charge in [0.05, 0.1) is 5.56 Å². The first-order chi connectivity index (χ1) is 6.79. The van der Waals surface area contributed by atoms with Gasteiger partial charge in [-0.15, -0.1) is 0 Å². The van der Waals surface area contributed by atoms with E-state index in [1.54, 1.807) is 18.3 Å². The fraction of sp³-hybridized carbons (Fsp3) is 0. The first-order valence-corrected chi connectivity index (χ1v) is 4.07. The maximum absolute atomic E-state index is 13.3. The number of pyridine rings is 2. The molecule has 70 valence electrons. The van der Waals surface area contributed by atoms with Crippen molar-refractivity contribution >= 4 is 0 Å². The minimum absolute atomic E-state index is 0.000556. The van der Waals surface area contributed by atoms with Crippen molar-refractivity contribution in [2.24, 2.45) is 0 Å². The van der Waals surface area contributed by atoms with Crippen LogP contribution in [0.5, 0.6) is 0 Å². The highest BCUT2D eigenvalue weighted by Crippen LogP contribution is 2.16. The van der Waals surface area contributed by atoms with Crippen molar-refractivity contribution in [1.29, 1.82) is 0 Å². The molecule has 0 aliphatic carbocycles. The van der Waals surface area contributed by atoms with Crippen molar-refractivity contribution in [2.45, 2.75) is 0 Å². The van der Waals surface area contributed by atoms with Gasteiger partial charge in [0, 0.05) is 18.5 Å². The molecule has 4 heteroatoms. The summed E-state index contributed by atoms with van der Waals surface area (Å²) in [5, 5.41) is 11.3. The number of rotatable bonds is 1. The van der Waals surface area contributed by atoms with Crippen LogP contribution in [0, 0.1) is 11.0 Å². The number of hydrogen-bond donors (Lipinski definition) is 0. The molecule has 0 bridgehead atoms. The molecule has 0 unspecified atom stereocenters. The van der Waals surface area contributed by atoms with Crippen molar-refractivity contribution in [3.63, 3.8) is 0 Å². The normalized spacial score (nSPS) is 10.1. The maximum Gasteiger partial charge on any atom is 0.261 e. The Labute approximate surface area is 80.1 Å². The van der Waals surface area contributed by atoms with Gasteiger partial charge in [0.25, 0.3) is 5.69 Å². The van der Waals surface area contributed by atoms with Gasteiger partial charge < -0.3 is 5.21 Å². The fourth-order valence-electron chi connectivity index (χ4n) is 1.23. The molecule has 2 aromatic heterocycles. The molecule has 2 aromatic rings. The third-order valence-electron chi connectivity index (χ3n) is 1.85. The molecule has 0 spiro atoms. The van der Waals surface area contributed by atoms with Crippen LogP contribution in [0.4, 0.5) is 4.39 Å². The van der Waals surface area contributed by atoms with Crippen LogP contribution in [-0.4, -0.2) is 4.98 Å². The highest BCUT2D eigenvalue weighted by Gasteiger charge is 2.14. The second-order valence-corrected chi connectivity index (χ2v) is 2.77. The Balaban J connectivity index is 2.63. The van der Waals surface area contributed by atoms with Gasteiger partial charge in [0.2, 0.25) is 0 Å². The molecule has 0 radical (unpaired) electrons. The van der Waals surface area contributed by atoms with Gasteiger partial charge in [-0.1, -0.05) is 0 Å². The largest absolute Gasteiger partial charge is 0.618 e. The quantitative estimate of drug-likeness (QED) is 0.505. The minimum Gasteiger partial charge on any atom is -0.618 e. The van der Waals surface area contributed by atoms with E-state index in [-0.39, 0.29) is 5.69 Å². The molecule has 0 amide bonds. The molecule has 0 atom stereocenters. The van der Waals surface area contributed by atoms with Crippen LogP contribution >= 0.6 is 0 Å². The van der Waals surface area contributed by atoms with Crippen molar-refractivity contribution in [3.8, 4) is 11.3 Å². The van der Waals surface area contributed by atoms with Gasteiger partial charge in [-0.25, -0.2) is 0 Å². The summed E-state index contributed by atoms with van der Waals surface area (Å²) in [6.45, 7) is 0. The molecular weight excluding hydrogens is 183 g/mol. The van der Waals surface area contributed by atoms with Gasteiger partial charge >= 0.3 is 0 Å². The average Bonchev–Trinajstić information content (AvgIpc) is 2.19. The summed E-state index contributed by atoms with van der Waals surface area (Å²) < 4.78 is 13.8. The second kappa shape index (κ2) is 3.41. The van der Waals surface area contributed by atoms with Crippen molar-refractivity contribution in [1.82, 2.24) is 4.98 Å². The molecular formula is C10H7FN2O. The van der Waals surface area contributed by atoms with Gasteiger partial charge in [-0.05, 0) is 18.2 Å². The summed E-state index contributed by atoms with van der Waals surface area (Å²) in [5.41, 5.74) is 0.473. The highest BCUT2D eigenvalue weighted by molar-refractivity contribution is 5.54. The van der Waals surface area contributed by atoms with Crippen LogP contribution in [0.25, 0.3) is 11.3 Å². The summed E-state index contributed by atoms with van der Waals surface area (Å²) in [5.74, 6) is -0.546. The van der Waals surface area contributed by atoms with Crippen molar-refractivity contribution < 1.29 is 9.12 Å². The van der Waals surface area contributed by atoms with E-state index in [2.05, 4.69) is 4.98 Å². The lowest BCUT2D eigenvalue weighted by Gasteiger charge is -2.03. The Kier molecular flexibility index (Phi) is 2.10. The fourth-order valence-corrected chi connectivity index (χ4v) is 1.23. The number of halogens is 1. The number of nitrogens with zero attached hydrogens (tertiary/aromatic N) is 2. The lowest BCUT2D eigenvalue weighted by atomic mass is 10.2. The SMILES string of the molecule is [O-][n+]1cccc(F)c1-c1cccnc1. The number of hydrogen-bond acceptors (Lipinski definition) is 2. The summed E-state index contributed by atoms with van der Waals surface area (Å²) in [6.07, 6.45) is 4.28. The molecule has 0 saturated carbocycles. The van der Waals surface area contributed by atoms with E-state index in [0.717, 1.165) is 0 Å². The van der Waals surface area contributed by atoms with Crippen LogP contribution in [0.2, 0.25) is 0 Å². The van der Waals surface area contributed by atoms with Gasteiger partial charge in [0.15, 0.2) is 12.0 Å². The first-order valence-electron chi connectivity index (χ1n) is 4.07. The van der Waals surface area contributed by atoms with E-state index in [0.29, 0.717) is 10.3 Å². The Morgan fingerprint density at radius 1 is 1.29 bits per heavy atom. The standard InChI is InChI=1S/C10H7FN2O/c11-9-4-2-6-13(14)10(9)8-3-1-5-12-7-8/h1-7H. The van der Waals surface area contributed by atoms with E-state index >= 15 is 0 Å². The molecule has 2 rings (SSSR count). The predicted octanol–water partition coefficient (Wildman–Crippen LogP) is 1.52. The monoisotopic (exact) mass is 190 g/mol. The lowest BCUT2D eigenvalue weighted by molar-refractivity contribution is -0.595. The first kappa shape index (κ1) is 8.62. The molecule has 0 saturated heterocycles. The third kappa shape index (κ3) is 1.42. The molecule has 0 fully saturated rings. The Morgan fingerprint density at radius 2 is 2.14 bits per heavy atom. The zero-order valence-electron chi connectivity index (χ0n) is 7.22. The summed E-state index contributed by atoms with van der Waals surface area (Å²) in [4.78, 5) is 3.82. The number of aromatic nitrogens is 2. The van der Waals surface area contributed by atoms with Gasteiger partial charge in [0.1, 0.15) is 0 Å². The van der Waals surface area contributed by atoms with Gasteiger partial charge in [-0.3, -0.25) is 4.98 Å². The van der Waals surface area contributed by atoms with Gasteiger partial charge in [-0.2, -0.15) is 9.12 Å². The molecule has 0 aliphatic heterocycles. The minimum atomic E-state index is -0.546. The van der Waals surface area contributed by atoms with Crippen molar-refractivity contribution in [3.05, 3.63) is 53.9 Å². The Bertz CT molecular complexity index is 425. The lowest BCUT2D eigenvalue weighted by Crippen LogP contribution is -2.29. The molecule has 0 aromatic carbocycles. The summed E-state index contributed by atoms with van der Waals surface area (Å²) >= 11 is 0. The molecule has 14 heavy (non-hydrogen) atoms. The Morgan fingerprint density at radius 3 is 2.79 bits per heavy atom. The highest BCUT2D eigenvalue weighted by atomic mass is 19.1. The molecule has 3 nitrogen and oxygen atoms in total. The van der Waals surface area contributed by atoms with E-state index in [1.807, 2.05) is 0 Å². The summed E-state index contributed by atoms with van der Waals surface area (Å²) in [7, 11) is 0. The molecule has 0 aliphatic rings. The zero-order chi connectivity index (χ0) is 9.97. The van der Waals surface area contributed by atoms with E-state index in [9.17, 15) is 9.60 Å². The second-order valence-electron chi connectivity index (χ2n) is 2.77. The van der Waals surface area contributed by atoms with Crippen LogP contribution in [-0.2, 0) is 0 Å². The smallest absolute Gasteiger partial charge is 0.261 e. The van der Waals surface area contributed by atoms with E-state index in [1.165, 1.54) is 24.5 Å². The molecule has 2 heterocycles. The van der Waals surface area contributed by atoms with E-state index < -0.39 is 5.82 Å². The predicted molar refractivity (Wildman–Crippen MR) is 48.6 cm³/mol.